The minimum absolute atomic E-state index is 0.0149. The highest BCUT2D eigenvalue weighted by Gasteiger charge is 2.23. The number of hydrogen-bond acceptors (Lipinski definition) is 6. The number of halogens is 1. The molecule has 3 aromatic carbocycles. The van der Waals surface area contributed by atoms with Crippen molar-refractivity contribution in [2.75, 3.05) is 43.0 Å². The maximum absolute atomic E-state index is 12.7. The van der Waals surface area contributed by atoms with E-state index in [1.165, 1.54) is 18.2 Å². The van der Waals surface area contributed by atoms with Crippen molar-refractivity contribution < 1.29 is 19.2 Å². The third-order valence-corrected chi connectivity index (χ3v) is 6.12. The summed E-state index contributed by atoms with van der Waals surface area (Å²) >= 11 is 5.91. The van der Waals surface area contributed by atoms with Crippen LogP contribution in [0.4, 0.5) is 17.1 Å². The number of nitro groups is 1. The molecule has 4 rings (SSSR count). The van der Waals surface area contributed by atoms with E-state index in [-0.39, 0.29) is 29.5 Å². The summed E-state index contributed by atoms with van der Waals surface area (Å²) in [5.41, 5.74) is 2.06. The van der Waals surface area contributed by atoms with Gasteiger partial charge in [0.1, 0.15) is 0 Å². The van der Waals surface area contributed by atoms with Crippen molar-refractivity contribution in [1.82, 2.24) is 4.90 Å². The molecule has 9 nitrogen and oxygen atoms in total. The molecule has 0 bridgehead atoms. The zero-order valence-corrected chi connectivity index (χ0v) is 20.4. The van der Waals surface area contributed by atoms with Crippen LogP contribution in [0.15, 0.2) is 66.7 Å². The molecule has 0 aromatic heterocycles. The summed E-state index contributed by atoms with van der Waals surface area (Å²) in [5, 5.41) is 14.7. The highest BCUT2D eigenvalue weighted by Crippen LogP contribution is 2.28. The van der Waals surface area contributed by atoms with E-state index in [0.29, 0.717) is 42.5 Å². The number of nitrogens with one attached hydrogen (secondary N) is 1. The van der Waals surface area contributed by atoms with Crippen molar-refractivity contribution in [1.29, 1.82) is 0 Å². The van der Waals surface area contributed by atoms with Crippen molar-refractivity contribution in [3.05, 3.63) is 93.0 Å². The van der Waals surface area contributed by atoms with E-state index in [1.54, 1.807) is 43.3 Å². The standard InChI is InChI=1S/C26H25ClN4O5/c1-2-36-24-12-5-19(17-23(24)31(34)35)25(32)28-21-8-10-22(11-9-21)29-13-15-30(16-14-29)26(33)18-3-6-20(27)7-4-18/h3-12,17H,2,13-16H2,1H3,(H,28,32). The Labute approximate surface area is 213 Å². The van der Waals surface area contributed by atoms with Gasteiger partial charge in [-0.15, -0.1) is 0 Å². The number of nitro benzene ring substituents is 1. The Bertz CT molecular complexity index is 1260. The summed E-state index contributed by atoms with van der Waals surface area (Å²) in [6.45, 7) is 4.57. The van der Waals surface area contributed by atoms with Crippen molar-refractivity contribution >= 4 is 40.5 Å². The molecule has 0 unspecified atom stereocenters. The lowest BCUT2D eigenvalue weighted by molar-refractivity contribution is -0.385. The van der Waals surface area contributed by atoms with Gasteiger partial charge in [0.15, 0.2) is 5.75 Å². The monoisotopic (exact) mass is 508 g/mol. The molecule has 10 heteroatoms. The normalized spacial score (nSPS) is 13.3. The maximum atomic E-state index is 12.7. The Morgan fingerprint density at radius 1 is 0.972 bits per heavy atom. The summed E-state index contributed by atoms with van der Waals surface area (Å²) in [6, 6.07) is 18.4. The van der Waals surface area contributed by atoms with Gasteiger partial charge in [0, 0.05) is 59.8 Å². The van der Waals surface area contributed by atoms with Crippen LogP contribution in [0.5, 0.6) is 5.75 Å². The van der Waals surface area contributed by atoms with E-state index in [2.05, 4.69) is 10.2 Å². The third kappa shape index (κ3) is 5.75. The number of amides is 2. The van der Waals surface area contributed by atoms with Gasteiger partial charge in [-0.05, 0) is 67.6 Å². The molecular weight excluding hydrogens is 484 g/mol. The van der Waals surface area contributed by atoms with Gasteiger partial charge in [-0.3, -0.25) is 19.7 Å². The van der Waals surface area contributed by atoms with Crippen molar-refractivity contribution in [2.45, 2.75) is 6.92 Å². The van der Waals surface area contributed by atoms with Crippen LogP contribution in [0, 0.1) is 10.1 Å². The summed E-state index contributed by atoms with van der Waals surface area (Å²) in [4.78, 5) is 40.1. The fraction of sp³-hybridized carbons (Fsp3) is 0.231. The lowest BCUT2D eigenvalue weighted by Gasteiger charge is -2.36. The summed E-state index contributed by atoms with van der Waals surface area (Å²) < 4.78 is 5.26. The Kier molecular flexibility index (Phi) is 7.70. The molecule has 1 aliphatic heterocycles. The van der Waals surface area contributed by atoms with E-state index in [0.717, 1.165) is 5.69 Å². The van der Waals surface area contributed by atoms with Crippen LogP contribution in [0.1, 0.15) is 27.6 Å². The van der Waals surface area contributed by atoms with Crippen LogP contribution in [0.2, 0.25) is 5.02 Å². The molecule has 1 N–H and O–H groups in total. The van der Waals surface area contributed by atoms with Gasteiger partial charge in [-0.1, -0.05) is 11.6 Å². The summed E-state index contributed by atoms with van der Waals surface area (Å²) in [6.07, 6.45) is 0. The van der Waals surface area contributed by atoms with Gasteiger partial charge in [-0.2, -0.15) is 0 Å². The van der Waals surface area contributed by atoms with Gasteiger partial charge in [0.25, 0.3) is 11.8 Å². The lowest BCUT2D eigenvalue weighted by atomic mass is 10.1. The number of nitrogens with zero attached hydrogens (tertiary/aromatic N) is 3. The molecule has 0 spiro atoms. The molecular formula is C26H25ClN4O5. The summed E-state index contributed by atoms with van der Waals surface area (Å²) in [7, 11) is 0. The Hall–Kier alpha value is -4.11. The van der Waals surface area contributed by atoms with Crippen LogP contribution >= 0.6 is 11.6 Å². The molecule has 0 atom stereocenters. The topological polar surface area (TPSA) is 105 Å². The van der Waals surface area contributed by atoms with E-state index in [4.69, 9.17) is 16.3 Å². The quantitative estimate of drug-likeness (QED) is 0.361. The number of carbonyl (C=O) groups is 2. The molecule has 2 amide bonds. The third-order valence-electron chi connectivity index (χ3n) is 5.87. The second kappa shape index (κ2) is 11.1. The SMILES string of the molecule is CCOc1ccc(C(=O)Nc2ccc(N3CCN(C(=O)c4ccc(Cl)cc4)CC3)cc2)cc1[N+](=O)[O-]. The first-order valence-electron chi connectivity index (χ1n) is 11.5. The molecule has 1 saturated heterocycles. The summed E-state index contributed by atoms with van der Waals surface area (Å²) in [5.74, 6) is -0.347. The minimum Gasteiger partial charge on any atom is -0.487 e. The number of ether oxygens (including phenoxy) is 1. The number of hydrogen-bond donors (Lipinski definition) is 1. The van der Waals surface area contributed by atoms with Gasteiger partial charge in [-0.25, -0.2) is 0 Å². The predicted molar refractivity (Wildman–Crippen MR) is 138 cm³/mol. The number of benzene rings is 3. The van der Waals surface area contributed by atoms with Crippen LogP contribution in [0.25, 0.3) is 0 Å². The predicted octanol–water partition coefficient (Wildman–Crippen LogP) is 4.86. The van der Waals surface area contributed by atoms with E-state index >= 15 is 0 Å². The first kappa shape index (κ1) is 25.0. The van der Waals surface area contributed by atoms with E-state index < -0.39 is 10.8 Å². The van der Waals surface area contributed by atoms with Crippen LogP contribution in [0.3, 0.4) is 0 Å². The number of anilines is 2. The molecule has 36 heavy (non-hydrogen) atoms. The van der Waals surface area contributed by atoms with E-state index in [9.17, 15) is 19.7 Å². The average molecular weight is 509 g/mol. The molecule has 1 heterocycles. The van der Waals surface area contributed by atoms with Gasteiger partial charge in [0.2, 0.25) is 0 Å². The zero-order valence-electron chi connectivity index (χ0n) is 19.6. The molecule has 1 fully saturated rings. The Balaban J connectivity index is 1.35. The van der Waals surface area contributed by atoms with Gasteiger partial charge >= 0.3 is 5.69 Å². The first-order valence-corrected chi connectivity index (χ1v) is 11.9. The molecule has 0 saturated carbocycles. The first-order chi connectivity index (χ1) is 17.4. The fourth-order valence-corrected chi connectivity index (χ4v) is 4.11. The maximum Gasteiger partial charge on any atom is 0.311 e. The molecule has 0 radical (unpaired) electrons. The second-order valence-electron chi connectivity index (χ2n) is 8.16. The molecule has 1 aliphatic rings. The molecule has 186 valence electrons. The highest BCUT2D eigenvalue weighted by atomic mass is 35.5. The Morgan fingerprint density at radius 3 is 2.22 bits per heavy atom. The zero-order chi connectivity index (χ0) is 25.7. The van der Waals surface area contributed by atoms with Gasteiger partial charge < -0.3 is 19.9 Å². The molecule has 0 aliphatic carbocycles. The second-order valence-corrected chi connectivity index (χ2v) is 8.60. The van der Waals surface area contributed by atoms with Crippen molar-refractivity contribution in [2.24, 2.45) is 0 Å². The number of rotatable bonds is 7. The Morgan fingerprint density at radius 2 is 1.61 bits per heavy atom. The smallest absolute Gasteiger partial charge is 0.311 e. The van der Waals surface area contributed by atoms with Crippen LogP contribution in [-0.4, -0.2) is 54.4 Å². The van der Waals surface area contributed by atoms with E-state index in [1.807, 2.05) is 17.0 Å². The van der Waals surface area contributed by atoms with Crippen molar-refractivity contribution in [3.8, 4) is 5.75 Å². The van der Waals surface area contributed by atoms with Gasteiger partial charge in [0.05, 0.1) is 11.5 Å². The minimum atomic E-state index is -0.570. The largest absolute Gasteiger partial charge is 0.487 e. The highest BCUT2D eigenvalue weighted by molar-refractivity contribution is 6.30. The van der Waals surface area contributed by atoms with Crippen LogP contribution in [-0.2, 0) is 0 Å². The average Bonchev–Trinajstić information content (AvgIpc) is 2.89. The lowest BCUT2D eigenvalue weighted by Crippen LogP contribution is -2.48. The molecule has 3 aromatic rings. The number of carbonyl (C=O) groups excluding carboxylic acids is 2. The van der Waals surface area contributed by atoms with Crippen LogP contribution < -0.4 is 15.0 Å². The van der Waals surface area contributed by atoms with Crippen molar-refractivity contribution in [3.63, 3.8) is 0 Å². The number of piperazine rings is 1. The fourth-order valence-electron chi connectivity index (χ4n) is 3.98.